The Labute approximate surface area is 427 Å². The highest BCUT2D eigenvalue weighted by Crippen LogP contribution is 2.16. The molecule has 6 heteroatoms. The van der Waals surface area contributed by atoms with Crippen LogP contribution in [0.25, 0.3) is 0 Å². The predicted octanol–water partition coefficient (Wildman–Crippen LogP) is 19.8. The minimum atomic E-state index is -0.781. The van der Waals surface area contributed by atoms with Gasteiger partial charge in [0.15, 0.2) is 6.10 Å². The van der Waals surface area contributed by atoms with Gasteiger partial charge in [-0.1, -0.05) is 261 Å². The van der Waals surface area contributed by atoms with Gasteiger partial charge in [-0.2, -0.15) is 0 Å². The topological polar surface area (TPSA) is 78.9 Å². The average molecular weight is 964 g/mol. The Hall–Kier alpha value is -3.15. The predicted molar refractivity (Wildman–Crippen MR) is 298 cm³/mol. The van der Waals surface area contributed by atoms with E-state index in [-0.39, 0.29) is 31.1 Å². The third-order valence-corrected chi connectivity index (χ3v) is 12.7. The number of allylic oxidation sites excluding steroid dienone is 12. The summed E-state index contributed by atoms with van der Waals surface area (Å²) in [5.41, 5.74) is 0. The fraction of sp³-hybridized carbons (Fsp3) is 0.762. The summed E-state index contributed by atoms with van der Waals surface area (Å²) in [7, 11) is 0. The third kappa shape index (κ3) is 55.6. The molecule has 0 radical (unpaired) electrons. The first kappa shape index (κ1) is 65.8. The molecule has 0 aromatic heterocycles. The van der Waals surface area contributed by atoms with Crippen LogP contribution in [0.4, 0.5) is 0 Å². The van der Waals surface area contributed by atoms with Crippen molar-refractivity contribution in [1.29, 1.82) is 0 Å². The Morgan fingerprint density at radius 2 is 0.580 bits per heavy atom. The van der Waals surface area contributed by atoms with E-state index in [1.807, 2.05) is 0 Å². The minimum absolute atomic E-state index is 0.0810. The normalized spacial score (nSPS) is 12.6. The Bertz CT molecular complexity index is 1290. The smallest absolute Gasteiger partial charge is 0.306 e. The lowest BCUT2D eigenvalue weighted by atomic mass is 10.0. The van der Waals surface area contributed by atoms with Crippen molar-refractivity contribution in [1.82, 2.24) is 0 Å². The number of carbonyl (C=O) groups excluding carboxylic acids is 3. The maximum absolute atomic E-state index is 12.9. The Balaban J connectivity index is 4.32. The summed E-state index contributed by atoms with van der Waals surface area (Å²) in [4.78, 5) is 38.1. The first-order chi connectivity index (χ1) is 34.0. The molecular weight excluding hydrogens is 853 g/mol. The maximum atomic E-state index is 12.9. The van der Waals surface area contributed by atoms with Crippen LogP contribution in [0.5, 0.6) is 0 Å². The van der Waals surface area contributed by atoms with Crippen molar-refractivity contribution in [3.05, 3.63) is 72.9 Å². The van der Waals surface area contributed by atoms with Crippen LogP contribution in [-0.2, 0) is 28.6 Å². The summed E-state index contributed by atoms with van der Waals surface area (Å²) in [5, 5.41) is 0. The summed E-state index contributed by atoms with van der Waals surface area (Å²) < 4.78 is 16.9. The van der Waals surface area contributed by atoms with E-state index < -0.39 is 6.10 Å². The summed E-state index contributed by atoms with van der Waals surface area (Å²) >= 11 is 0. The zero-order valence-corrected chi connectivity index (χ0v) is 45.6. The highest BCUT2D eigenvalue weighted by atomic mass is 16.6. The third-order valence-electron chi connectivity index (χ3n) is 12.7. The highest BCUT2D eigenvalue weighted by molar-refractivity contribution is 5.71. The molecule has 1 atom stereocenters. The molecule has 0 rings (SSSR count). The van der Waals surface area contributed by atoms with Gasteiger partial charge in [0.2, 0.25) is 0 Å². The lowest BCUT2D eigenvalue weighted by molar-refractivity contribution is -0.167. The van der Waals surface area contributed by atoms with Crippen molar-refractivity contribution in [2.45, 2.75) is 297 Å². The molecule has 0 aliphatic rings. The number of hydrogen-bond donors (Lipinski definition) is 0. The van der Waals surface area contributed by atoms with Gasteiger partial charge in [0.25, 0.3) is 0 Å². The van der Waals surface area contributed by atoms with E-state index in [4.69, 9.17) is 14.2 Å². The van der Waals surface area contributed by atoms with Crippen molar-refractivity contribution in [2.24, 2.45) is 0 Å². The second kappa shape index (κ2) is 57.4. The monoisotopic (exact) mass is 963 g/mol. The van der Waals surface area contributed by atoms with E-state index in [9.17, 15) is 14.4 Å². The molecule has 0 aliphatic heterocycles. The number of hydrogen-bond acceptors (Lipinski definition) is 6. The van der Waals surface area contributed by atoms with Crippen LogP contribution in [0.2, 0.25) is 0 Å². The first-order valence-corrected chi connectivity index (χ1v) is 29.4. The first-order valence-electron chi connectivity index (χ1n) is 29.4. The van der Waals surface area contributed by atoms with Crippen LogP contribution in [0.15, 0.2) is 72.9 Å². The second-order valence-corrected chi connectivity index (χ2v) is 19.5. The molecule has 0 saturated carbocycles. The molecule has 1 unspecified atom stereocenters. The maximum Gasteiger partial charge on any atom is 0.306 e. The fourth-order valence-electron chi connectivity index (χ4n) is 8.27. The van der Waals surface area contributed by atoms with Gasteiger partial charge >= 0.3 is 17.9 Å². The van der Waals surface area contributed by atoms with Gasteiger partial charge in [-0.3, -0.25) is 14.4 Å². The molecule has 0 amide bonds. The van der Waals surface area contributed by atoms with Crippen LogP contribution >= 0.6 is 0 Å². The number of ether oxygens (including phenoxy) is 3. The van der Waals surface area contributed by atoms with Crippen molar-refractivity contribution in [3.8, 4) is 0 Å². The Morgan fingerprint density at radius 1 is 0.304 bits per heavy atom. The summed E-state index contributed by atoms with van der Waals surface area (Å²) in [6.07, 6.45) is 73.2. The Morgan fingerprint density at radius 3 is 0.942 bits per heavy atom. The molecule has 69 heavy (non-hydrogen) atoms. The average Bonchev–Trinajstić information content (AvgIpc) is 3.35. The highest BCUT2D eigenvalue weighted by Gasteiger charge is 2.19. The number of esters is 3. The van der Waals surface area contributed by atoms with Gasteiger partial charge in [0.05, 0.1) is 0 Å². The van der Waals surface area contributed by atoms with Crippen molar-refractivity contribution in [3.63, 3.8) is 0 Å². The standard InChI is InChI=1S/C63H110O6/c1-4-7-10-13-16-19-22-24-26-28-29-30-31-32-33-35-36-38-41-44-47-50-53-56-62(65)68-59-60(58-67-61(64)55-52-49-46-43-40-21-18-15-12-9-6-3)69-63(66)57-54-51-48-45-42-39-37-34-27-25-23-20-17-14-11-8-5-2/h7,10,15-16,18-19,24,26,29-30,32-33,60H,4-6,8-9,11-14,17,20-23,25,27-28,31,34-59H2,1-3H3/b10-7-,18-15-,19-16-,26-24-,30-29-,33-32-. The van der Waals surface area contributed by atoms with Gasteiger partial charge in [0.1, 0.15) is 13.2 Å². The van der Waals surface area contributed by atoms with E-state index in [1.54, 1.807) is 0 Å². The van der Waals surface area contributed by atoms with Crippen LogP contribution < -0.4 is 0 Å². The van der Waals surface area contributed by atoms with E-state index in [2.05, 4.69) is 93.7 Å². The van der Waals surface area contributed by atoms with Crippen molar-refractivity contribution < 1.29 is 28.6 Å². The largest absolute Gasteiger partial charge is 0.462 e. The molecule has 0 N–H and O–H groups in total. The molecule has 0 aromatic carbocycles. The molecule has 0 bridgehead atoms. The lowest BCUT2D eigenvalue weighted by Crippen LogP contribution is -2.30. The molecule has 0 spiro atoms. The van der Waals surface area contributed by atoms with Gasteiger partial charge < -0.3 is 14.2 Å². The van der Waals surface area contributed by atoms with Gasteiger partial charge in [-0.25, -0.2) is 0 Å². The summed E-state index contributed by atoms with van der Waals surface area (Å²) in [5.74, 6) is -0.890. The number of unbranched alkanes of at least 4 members (excludes halogenated alkanes) is 30. The minimum Gasteiger partial charge on any atom is -0.462 e. The zero-order valence-electron chi connectivity index (χ0n) is 45.6. The quantitative estimate of drug-likeness (QED) is 0.0262. The number of rotatable bonds is 53. The zero-order chi connectivity index (χ0) is 50.0. The van der Waals surface area contributed by atoms with Crippen LogP contribution in [0.1, 0.15) is 290 Å². The SMILES string of the molecule is CC/C=C\C/C=C\C/C=C\C/C=C\C/C=C\CCCCCCCCCC(=O)OCC(COC(=O)CCCCCCC/C=C\CCCC)OC(=O)CCCCCCCCCCCCCCCCCCC. The van der Waals surface area contributed by atoms with Gasteiger partial charge in [0, 0.05) is 19.3 Å². The van der Waals surface area contributed by atoms with E-state index >= 15 is 0 Å². The second-order valence-electron chi connectivity index (χ2n) is 19.5. The lowest BCUT2D eigenvalue weighted by Gasteiger charge is -2.18. The molecule has 0 fully saturated rings. The van der Waals surface area contributed by atoms with Crippen molar-refractivity contribution in [2.75, 3.05) is 13.2 Å². The molecule has 398 valence electrons. The van der Waals surface area contributed by atoms with Gasteiger partial charge in [-0.15, -0.1) is 0 Å². The number of carbonyl (C=O) groups is 3. The van der Waals surface area contributed by atoms with Crippen LogP contribution in [-0.4, -0.2) is 37.2 Å². The molecule has 6 nitrogen and oxygen atoms in total. The van der Waals surface area contributed by atoms with E-state index in [0.717, 1.165) is 103 Å². The van der Waals surface area contributed by atoms with E-state index in [0.29, 0.717) is 19.3 Å². The molecule has 0 aliphatic carbocycles. The van der Waals surface area contributed by atoms with Gasteiger partial charge in [-0.05, 0) is 83.5 Å². The molecule has 0 saturated heterocycles. The Kier molecular flexibility index (Phi) is 54.8. The summed E-state index contributed by atoms with van der Waals surface area (Å²) in [6, 6.07) is 0. The van der Waals surface area contributed by atoms with E-state index in [1.165, 1.54) is 148 Å². The fourth-order valence-corrected chi connectivity index (χ4v) is 8.27. The molecular formula is C63H110O6. The van der Waals surface area contributed by atoms with Crippen molar-refractivity contribution >= 4 is 17.9 Å². The molecule has 0 heterocycles. The summed E-state index contributed by atoms with van der Waals surface area (Å²) in [6.45, 7) is 6.50. The molecule has 0 aromatic rings. The van der Waals surface area contributed by atoms with Crippen LogP contribution in [0, 0.1) is 0 Å². The van der Waals surface area contributed by atoms with Crippen LogP contribution in [0.3, 0.4) is 0 Å².